The molecule has 3 amide bonds. The van der Waals surface area contributed by atoms with Crippen molar-refractivity contribution < 1.29 is 14.7 Å². The number of urea groups is 1. The first-order valence-electron chi connectivity index (χ1n) is 9.68. The third kappa shape index (κ3) is 3.27. The van der Waals surface area contributed by atoms with Crippen LogP contribution in [0.15, 0.2) is 47.6 Å². The van der Waals surface area contributed by atoms with Crippen LogP contribution in [0.2, 0.25) is 0 Å². The van der Waals surface area contributed by atoms with Crippen molar-refractivity contribution in [2.75, 3.05) is 0 Å². The van der Waals surface area contributed by atoms with E-state index >= 15 is 0 Å². The lowest BCUT2D eigenvalue weighted by atomic mass is 9.85. The van der Waals surface area contributed by atoms with Gasteiger partial charge in [-0.25, -0.2) is 4.79 Å². The topological polar surface area (TPSA) is 93.6 Å². The van der Waals surface area contributed by atoms with Crippen LogP contribution in [-0.2, 0) is 11.8 Å². The Kier molecular flexibility index (Phi) is 4.42. The second-order valence-corrected chi connectivity index (χ2v) is 8.54. The lowest BCUT2D eigenvalue weighted by Gasteiger charge is -2.28. The molecule has 2 unspecified atom stereocenters. The molecule has 2 aromatic carbocycles. The van der Waals surface area contributed by atoms with E-state index in [9.17, 15) is 14.7 Å². The van der Waals surface area contributed by atoms with Gasteiger partial charge >= 0.3 is 12.1 Å². The summed E-state index contributed by atoms with van der Waals surface area (Å²) in [7, 11) is 0. The average Bonchev–Trinajstić information content (AvgIpc) is 3.23. The highest BCUT2D eigenvalue weighted by atomic mass is 16.4. The maximum atomic E-state index is 12.7. The molecule has 2 N–H and O–H groups in total. The van der Waals surface area contributed by atoms with Crippen LogP contribution < -0.4 is 20.6 Å². The van der Waals surface area contributed by atoms with Crippen LogP contribution in [0.4, 0.5) is 15.3 Å². The lowest BCUT2D eigenvalue weighted by Crippen LogP contribution is -2.66. The number of carbonyl (C=O) groups is 2. The number of benzene rings is 2. The summed E-state index contributed by atoms with van der Waals surface area (Å²) in [5, 5.41) is 18.8. The zero-order chi connectivity index (χ0) is 20.8. The SMILES string of the molecule is CC(C)(C)c1ccc2c(c1)CCC2NC(=O)N[N+]1(C(=O)[O-])N=Cc2ccccc21. The number of quaternary nitrogens is 1. The standard InChI is InChI=1S/C22H24N4O3/c1-22(2,3)16-9-10-17-14(12-16)8-11-18(17)24-20(27)25-26(21(28)29)19-7-5-4-6-15(19)13-23-26/h4-7,9-10,12-13,18H,8,11H2,1-3H3,(H2-,24,25,27,28,29). The predicted octanol–water partition coefficient (Wildman–Crippen LogP) is 2.88. The van der Waals surface area contributed by atoms with Gasteiger partial charge in [0.15, 0.2) is 0 Å². The van der Waals surface area contributed by atoms with Crippen LogP contribution in [0.5, 0.6) is 0 Å². The number of para-hydroxylation sites is 1. The first kappa shape index (κ1) is 19.1. The first-order valence-corrected chi connectivity index (χ1v) is 9.68. The first-order chi connectivity index (χ1) is 13.7. The average molecular weight is 392 g/mol. The fraction of sp³-hybridized carbons (Fsp3) is 0.318. The Bertz CT molecular complexity index is 1020. The summed E-state index contributed by atoms with van der Waals surface area (Å²) in [5.74, 6) is 0. The van der Waals surface area contributed by atoms with E-state index in [-0.39, 0.29) is 11.5 Å². The number of nitrogens with one attached hydrogen (secondary N) is 2. The normalized spacial score (nSPS) is 22.1. The predicted molar refractivity (Wildman–Crippen MR) is 109 cm³/mol. The second-order valence-electron chi connectivity index (χ2n) is 8.54. The van der Waals surface area contributed by atoms with Crippen molar-refractivity contribution >= 4 is 24.0 Å². The van der Waals surface area contributed by atoms with E-state index in [0.717, 1.165) is 18.4 Å². The van der Waals surface area contributed by atoms with Gasteiger partial charge in [0.05, 0.1) is 17.8 Å². The summed E-state index contributed by atoms with van der Waals surface area (Å²) in [6.07, 6.45) is 1.53. The van der Waals surface area contributed by atoms with Crippen molar-refractivity contribution in [3.8, 4) is 0 Å². The summed E-state index contributed by atoms with van der Waals surface area (Å²) >= 11 is 0. The Labute approximate surface area is 169 Å². The lowest BCUT2D eigenvalue weighted by molar-refractivity contribution is -0.266. The monoisotopic (exact) mass is 392 g/mol. The zero-order valence-electron chi connectivity index (χ0n) is 16.7. The molecule has 0 saturated carbocycles. The van der Waals surface area contributed by atoms with Gasteiger partial charge in [-0.2, -0.15) is 0 Å². The molecular formula is C22H24N4O3. The molecule has 7 nitrogen and oxygen atoms in total. The van der Waals surface area contributed by atoms with Gasteiger partial charge in [-0.05, 0) is 45.7 Å². The molecule has 0 saturated heterocycles. The van der Waals surface area contributed by atoms with Crippen LogP contribution in [0, 0.1) is 0 Å². The largest absolute Gasteiger partial charge is 0.494 e. The van der Waals surface area contributed by atoms with Crippen LogP contribution in [0.25, 0.3) is 0 Å². The van der Waals surface area contributed by atoms with Gasteiger partial charge in [0.25, 0.3) is 0 Å². The van der Waals surface area contributed by atoms with Crippen LogP contribution in [0.3, 0.4) is 0 Å². The minimum Gasteiger partial charge on any atom is -0.494 e. The Morgan fingerprint density at radius 3 is 2.66 bits per heavy atom. The summed E-state index contributed by atoms with van der Waals surface area (Å²) in [6.45, 7) is 6.51. The molecule has 0 aromatic heterocycles. The van der Waals surface area contributed by atoms with E-state index in [0.29, 0.717) is 11.3 Å². The molecule has 1 heterocycles. The third-order valence-corrected chi connectivity index (χ3v) is 5.58. The van der Waals surface area contributed by atoms with Crippen molar-refractivity contribution in [2.45, 2.75) is 45.1 Å². The molecule has 29 heavy (non-hydrogen) atoms. The highest BCUT2D eigenvalue weighted by Gasteiger charge is 2.43. The van der Waals surface area contributed by atoms with Crippen molar-refractivity contribution in [3.63, 3.8) is 0 Å². The molecular weight excluding hydrogens is 368 g/mol. The number of carboxylic acid groups (broad SMARTS) is 1. The quantitative estimate of drug-likeness (QED) is 0.731. The summed E-state index contributed by atoms with van der Waals surface area (Å²) < 4.78 is -1.11. The molecule has 2 aromatic rings. The smallest absolute Gasteiger partial charge is 0.362 e. The number of carbonyl (C=O) groups excluding carboxylic acids is 2. The molecule has 1 aliphatic heterocycles. The number of aryl methyl sites for hydroxylation is 1. The minimum absolute atomic E-state index is 0.0597. The zero-order valence-corrected chi connectivity index (χ0v) is 16.7. The molecule has 0 fully saturated rings. The fourth-order valence-corrected chi connectivity index (χ4v) is 3.95. The van der Waals surface area contributed by atoms with Gasteiger partial charge in [0.1, 0.15) is 0 Å². The van der Waals surface area contributed by atoms with Crippen molar-refractivity contribution in [1.29, 1.82) is 0 Å². The molecule has 0 bridgehead atoms. The summed E-state index contributed by atoms with van der Waals surface area (Å²) in [6, 6.07) is 12.4. The van der Waals surface area contributed by atoms with Crippen molar-refractivity contribution in [1.82, 2.24) is 15.4 Å². The number of hydrogen-bond acceptors (Lipinski definition) is 4. The number of fused-ring (bicyclic) bond motifs is 2. The summed E-state index contributed by atoms with van der Waals surface area (Å²) in [5.41, 5.74) is 7.03. The number of nitrogens with zero attached hydrogens (tertiary/aromatic N) is 2. The van der Waals surface area contributed by atoms with E-state index in [1.54, 1.807) is 24.3 Å². The van der Waals surface area contributed by atoms with E-state index in [1.807, 2.05) is 0 Å². The van der Waals surface area contributed by atoms with E-state index < -0.39 is 16.8 Å². The Morgan fingerprint density at radius 1 is 1.17 bits per heavy atom. The maximum Gasteiger partial charge on any atom is 0.362 e. The molecule has 2 aliphatic rings. The number of rotatable bonds is 1. The van der Waals surface area contributed by atoms with Gasteiger partial charge in [-0.15, -0.1) is 5.43 Å². The number of amides is 3. The molecule has 7 heteroatoms. The summed E-state index contributed by atoms with van der Waals surface area (Å²) in [4.78, 5) is 24.6. The van der Waals surface area contributed by atoms with E-state index in [2.05, 4.69) is 54.8 Å². The van der Waals surface area contributed by atoms with Crippen molar-refractivity contribution in [3.05, 3.63) is 64.7 Å². The molecule has 1 aliphatic carbocycles. The Balaban J connectivity index is 1.53. The van der Waals surface area contributed by atoms with Crippen LogP contribution >= 0.6 is 0 Å². The molecule has 2 atom stereocenters. The van der Waals surface area contributed by atoms with Gasteiger partial charge in [-0.1, -0.05) is 56.2 Å². The van der Waals surface area contributed by atoms with Crippen LogP contribution in [-0.4, -0.2) is 18.3 Å². The van der Waals surface area contributed by atoms with Gasteiger partial charge < -0.3 is 15.2 Å². The number of hydrogen-bond donors (Lipinski definition) is 2. The van der Waals surface area contributed by atoms with Crippen LogP contribution in [0.1, 0.15) is 55.5 Å². The second kappa shape index (κ2) is 6.70. The van der Waals surface area contributed by atoms with E-state index in [1.165, 1.54) is 17.3 Å². The fourth-order valence-electron chi connectivity index (χ4n) is 3.95. The van der Waals surface area contributed by atoms with Crippen molar-refractivity contribution in [2.24, 2.45) is 5.10 Å². The molecule has 4 rings (SSSR count). The molecule has 0 radical (unpaired) electrons. The Hall–Kier alpha value is -3.19. The van der Waals surface area contributed by atoms with Gasteiger partial charge in [-0.3, -0.25) is 0 Å². The minimum atomic E-state index is -1.53. The highest BCUT2D eigenvalue weighted by molar-refractivity contribution is 5.98. The molecule has 0 spiro atoms. The van der Waals surface area contributed by atoms with Gasteiger partial charge in [0, 0.05) is 6.07 Å². The molecule has 150 valence electrons. The Morgan fingerprint density at radius 2 is 1.93 bits per heavy atom. The maximum absolute atomic E-state index is 12.7. The third-order valence-electron chi connectivity index (χ3n) is 5.58. The van der Waals surface area contributed by atoms with E-state index in [4.69, 9.17) is 0 Å². The highest BCUT2D eigenvalue weighted by Crippen LogP contribution is 2.35. The van der Waals surface area contributed by atoms with Gasteiger partial charge in [0.2, 0.25) is 5.69 Å².